The number of hydrogen-bond acceptors (Lipinski definition) is 3. The largest absolute Gasteiger partial charge is 0.387 e. The first-order valence-corrected chi connectivity index (χ1v) is 7.72. The molecule has 3 unspecified atom stereocenters. The summed E-state index contributed by atoms with van der Waals surface area (Å²) in [5.74, 6) is 0. The van der Waals surface area contributed by atoms with Crippen molar-refractivity contribution in [3.63, 3.8) is 0 Å². The minimum absolute atomic E-state index is 0.385. The van der Waals surface area contributed by atoms with Crippen LogP contribution >= 0.6 is 0 Å². The van der Waals surface area contributed by atoms with Gasteiger partial charge in [-0.1, -0.05) is 31.2 Å². The number of nitrogens with zero attached hydrogens (tertiary/aromatic N) is 2. The molecule has 1 aromatic rings. The van der Waals surface area contributed by atoms with Gasteiger partial charge in [-0.15, -0.1) is 0 Å². The quantitative estimate of drug-likeness (QED) is 0.914. The lowest BCUT2D eigenvalue weighted by Crippen LogP contribution is -2.55. The summed E-state index contributed by atoms with van der Waals surface area (Å²) in [5, 5.41) is 10.4. The van der Waals surface area contributed by atoms with Crippen LogP contribution in [0, 0.1) is 0 Å². The van der Waals surface area contributed by atoms with Crippen molar-refractivity contribution >= 4 is 0 Å². The molecule has 1 aliphatic rings. The normalized spacial score (nSPS) is 26.6. The monoisotopic (exact) mass is 276 g/mol. The van der Waals surface area contributed by atoms with Gasteiger partial charge in [-0.05, 0) is 38.4 Å². The molecule has 1 saturated heterocycles. The summed E-state index contributed by atoms with van der Waals surface area (Å²) >= 11 is 0. The van der Waals surface area contributed by atoms with E-state index in [0.717, 1.165) is 31.6 Å². The first-order chi connectivity index (χ1) is 9.51. The average Bonchev–Trinajstić information content (AvgIpc) is 2.44. The zero-order chi connectivity index (χ0) is 14.7. The maximum absolute atomic E-state index is 10.4. The van der Waals surface area contributed by atoms with E-state index in [4.69, 9.17) is 0 Å². The Hall–Kier alpha value is -0.900. The van der Waals surface area contributed by atoms with E-state index in [9.17, 15) is 5.11 Å². The minimum atomic E-state index is -0.385. The predicted molar refractivity (Wildman–Crippen MR) is 83.9 cm³/mol. The lowest BCUT2D eigenvalue weighted by atomic mass is 10.0. The second-order valence-corrected chi connectivity index (χ2v) is 6.19. The number of piperazine rings is 1. The molecule has 1 heterocycles. The Labute approximate surface area is 123 Å². The molecule has 20 heavy (non-hydrogen) atoms. The van der Waals surface area contributed by atoms with Crippen LogP contribution in [0.25, 0.3) is 0 Å². The van der Waals surface area contributed by atoms with E-state index >= 15 is 0 Å². The minimum Gasteiger partial charge on any atom is -0.387 e. The Kier molecular flexibility index (Phi) is 5.19. The second kappa shape index (κ2) is 6.70. The summed E-state index contributed by atoms with van der Waals surface area (Å²) in [6.07, 6.45) is 0.660. The van der Waals surface area contributed by atoms with Gasteiger partial charge in [0.2, 0.25) is 0 Å². The topological polar surface area (TPSA) is 26.7 Å². The van der Waals surface area contributed by atoms with E-state index in [0.29, 0.717) is 12.1 Å². The van der Waals surface area contributed by atoms with Crippen molar-refractivity contribution in [3.8, 4) is 0 Å². The highest BCUT2D eigenvalue weighted by Crippen LogP contribution is 2.19. The molecule has 0 saturated carbocycles. The molecule has 1 aliphatic heterocycles. The Morgan fingerprint density at radius 1 is 1.15 bits per heavy atom. The number of rotatable bonds is 4. The lowest BCUT2D eigenvalue weighted by Gasteiger charge is -2.43. The Bertz CT molecular complexity index is 406. The van der Waals surface area contributed by atoms with E-state index in [2.05, 4.69) is 61.9 Å². The van der Waals surface area contributed by atoms with Crippen LogP contribution in [-0.4, -0.2) is 53.7 Å². The highest BCUT2D eigenvalue weighted by atomic mass is 16.3. The second-order valence-electron chi connectivity index (χ2n) is 6.19. The molecule has 0 amide bonds. The third kappa shape index (κ3) is 3.60. The Balaban J connectivity index is 1.95. The molecular formula is C17H28N2O. The fraction of sp³-hybridized carbons (Fsp3) is 0.647. The highest BCUT2D eigenvalue weighted by Gasteiger charge is 2.27. The van der Waals surface area contributed by atoms with Crippen LogP contribution in [0.2, 0.25) is 0 Å². The van der Waals surface area contributed by atoms with Crippen molar-refractivity contribution in [2.24, 2.45) is 0 Å². The summed E-state index contributed by atoms with van der Waals surface area (Å²) in [7, 11) is 2.19. The first-order valence-electron chi connectivity index (χ1n) is 7.72. The number of aliphatic hydroxyl groups excluding tert-OH is 1. The summed E-state index contributed by atoms with van der Waals surface area (Å²) in [5.41, 5.74) is 2.35. The number of aliphatic hydroxyl groups is 1. The number of likely N-dealkylation sites (N-methyl/N-ethyl adjacent to an activating group) is 1. The van der Waals surface area contributed by atoms with E-state index in [1.54, 1.807) is 0 Å². The van der Waals surface area contributed by atoms with Gasteiger partial charge in [0.25, 0.3) is 0 Å². The summed E-state index contributed by atoms with van der Waals surface area (Å²) in [4.78, 5) is 4.80. The fourth-order valence-electron chi connectivity index (χ4n) is 2.99. The molecule has 0 spiro atoms. The van der Waals surface area contributed by atoms with Crippen molar-refractivity contribution in [1.29, 1.82) is 0 Å². The van der Waals surface area contributed by atoms with Gasteiger partial charge in [-0.25, -0.2) is 0 Å². The molecule has 1 aromatic carbocycles. The molecule has 1 N–H and O–H groups in total. The van der Waals surface area contributed by atoms with Gasteiger partial charge >= 0.3 is 0 Å². The van der Waals surface area contributed by atoms with Crippen LogP contribution in [-0.2, 0) is 6.42 Å². The average molecular weight is 276 g/mol. The maximum atomic E-state index is 10.4. The standard InChI is InChI=1S/C17H28N2O/c1-5-15-6-8-16(9-7-15)17(20)12-19-10-13(2)18(4)14(3)11-19/h6-9,13-14,17,20H,5,10-12H2,1-4H3. The van der Waals surface area contributed by atoms with Crippen LogP contribution in [0.3, 0.4) is 0 Å². The first kappa shape index (κ1) is 15.5. The molecule has 3 heteroatoms. The lowest BCUT2D eigenvalue weighted by molar-refractivity contribution is 0.0282. The Morgan fingerprint density at radius 2 is 1.70 bits per heavy atom. The number of β-amino-alcohol motifs (C(OH)–C–C–N with tert-alkyl or cyclic N) is 1. The van der Waals surface area contributed by atoms with Crippen molar-refractivity contribution in [2.75, 3.05) is 26.7 Å². The Morgan fingerprint density at radius 3 is 2.20 bits per heavy atom. The molecular weight excluding hydrogens is 248 g/mol. The van der Waals surface area contributed by atoms with E-state index in [-0.39, 0.29) is 6.10 Å². The van der Waals surface area contributed by atoms with Gasteiger partial charge < -0.3 is 5.11 Å². The summed E-state index contributed by atoms with van der Waals surface area (Å²) in [6.45, 7) is 9.46. The van der Waals surface area contributed by atoms with E-state index in [1.807, 2.05) is 0 Å². The number of hydrogen-bond donors (Lipinski definition) is 1. The van der Waals surface area contributed by atoms with Crippen molar-refractivity contribution in [3.05, 3.63) is 35.4 Å². The smallest absolute Gasteiger partial charge is 0.0916 e. The van der Waals surface area contributed by atoms with E-state index < -0.39 is 0 Å². The molecule has 3 nitrogen and oxygen atoms in total. The molecule has 3 atom stereocenters. The van der Waals surface area contributed by atoms with Gasteiger partial charge in [0.05, 0.1) is 6.10 Å². The fourth-order valence-corrected chi connectivity index (χ4v) is 2.99. The van der Waals surface area contributed by atoms with Crippen LogP contribution in [0.5, 0.6) is 0 Å². The highest BCUT2D eigenvalue weighted by molar-refractivity contribution is 5.24. The maximum Gasteiger partial charge on any atom is 0.0916 e. The molecule has 1 fully saturated rings. The number of benzene rings is 1. The molecule has 112 valence electrons. The summed E-state index contributed by atoms with van der Waals surface area (Å²) < 4.78 is 0. The molecule has 0 aromatic heterocycles. The van der Waals surface area contributed by atoms with Gasteiger partial charge in [0.15, 0.2) is 0 Å². The van der Waals surface area contributed by atoms with Crippen molar-refractivity contribution in [1.82, 2.24) is 9.80 Å². The third-order valence-electron chi connectivity index (χ3n) is 4.64. The van der Waals surface area contributed by atoms with Crippen molar-refractivity contribution < 1.29 is 5.11 Å². The zero-order valence-electron chi connectivity index (χ0n) is 13.2. The molecule has 0 radical (unpaired) electrons. The van der Waals surface area contributed by atoms with E-state index in [1.165, 1.54) is 5.56 Å². The van der Waals surface area contributed by atoms with Crippen LogP contribution < -0.4 is 0 Å². The number of aryl methyl sites for hydroxylation is 1. The van der Waals surface area contributed by atoms with Crippen LogP contribution in [0.4, 0.5) is 0 Å². The van der Waals surface area contributed by atoms with Gasteiger partial charge in [-0.3, -0.25) is 9.80 Å². The zero-order valence-corrected chi connectivity index (χ0v) is 13.2. The molecule has 0 bridgehead atoms. The van der Waals surface area contributed by atoms with Crippen LogP contribution in [0.15, 0.2) is 24.3 Å². The SMILES string of the molecule is CCc1ccc(C(O)CN2CC(C)N(C)C(C)C2)cc1. The predicted octanol–water partition coefficient (Wildman–Crippen LogP) is 2.31. The molecule has 0 aliphatic carbocycles. The van der Waals surface area contributed by atoms with Gasteiger partial charge in [-0.2, -0.15) is 0 Å². The summed E-state index contributed by atoms with van der Waals surface area (Å²) in [6, 6.07) is 9.46. The molecule has 2 rings (SSSR count). The van der Waals surface area contributed by atoms with Crippen LogP contribution in [0.1, 0.15) is 38.0 Å². The van der Waals surface area contributed by atoms with Crippen molar-refractivity contribution in [2.45, 2.75) is 45.4 Å². The van der Waals surface area contributed by atoms with Gasteiger partial charge in [0, 0.05) is 31.7 Å². The van der Waals surface area contributed by atoms with Gasteiger partial charge in [0.1, 0.15) is 0 Å². The third-order valence-corrected chi connectivity index (χ3v) is 4.64.